The second-order valence-corrected chi connectivity index (χ2v) is 5.55. The Balaban J connectivity index is 2.06. The molecule has 0 spiro atoms. The van der Waals surface area contributed by atoms with E-state index in [0.717, 1.165) is 21.3 Å². The highest BCUT2D eigenvalue weighted by Gasteiger charge is 2.24. The smallest absolute Gasteiger partial charge is 0.256 e. The molecule has 0 unspecified atom stereocenters. The highest BCUT2D eigenvalue weighted by atomic mass is 79.9. The summed E-state index contributed by atoms with van der Waals surface area (Å²) < 4.78 is 5.91. The maximum Gasteiger partial charge on any atom is 0.256 e. The Morgan fingerprint density at radius 1 is 1.24 bits per heavy atom. The van der Waals surface area contributed by atoms with Crippen LogP contribution >= 0.6 is 15.9 Å². The van der Waals surface area contributed by atoms with E-state index in [2.05, 4.69) is 21.2 Å². The summed E-state index contributed by atoms with van der Waals surface area (Å²) in [5.41, 5.74) is 2.92. The van der Waals surface area contributed by atoms with Gasteiger partial charge in [-0.15, -0.1) is 0 Å². The number of carbonyl (C=O) groups is 1. The second-order valence-electron chi connectivity index (χ2n) is 4.63. The highest BCUT2D eigenvalue weighted by Crippen LogP contribution is 2.36. The van der Waals surface area contributed by atoms with Crippen LogP contribution in [0, 0.1) is 0 Å². The van der Waals surface area contributed by atoms with Gasteiger partial charge in [-0.05, 0) is 42.0 Å². The molecular weight excluding hydrogens is 334 g/mol. The lowest BCUT2D eigenvalue weighted by Crippen LogP contribution is -2.03. The number of benzene rings is 2. The van der Waals surface area contributed by atoms with Crippen LogP contribution in [0.2, 0.25) is 0 Å². The molecule has 0 aromatic heterocycles. The topological polar surface area (TPSA) is 58.6 Å². The van der Waals surface area contributed by atoms with Gasteiger partial charge in [0.05, 0.1) is 7.11 Å². The van der Waals surface area contributed by atoms with E-state index < -0.39 is 0 Å². The number of aromatic hydroxyl groups is 1. The number of hydrogen-bond acceptors (Lipinski definition) is 3. The number of halogens is 1. The van der Waals surface area contributed by atoms with Crippen LogP contribution in [-0.2, 0) is 4.79 Å². The van der Waals surface area contributed by atoms with Crippen molar-refractivity contribution in [2.45, 2.75) is 0 Å². The van der Waals surface area contributed by atoms with E-state index in [1.54, 1.807) is 24.3 Å². The number of methoxy groups -OCH3 is 1. The standard InChI is InChI=1S/C16H12BrNO3/c1-21-15-5-2-9(7-14(15)19)6-12-11-8-10(17)3-4-13(11)18-16(12)20/h2-8,19H,1H3,(H,18,20). The molecule has 2 N–H and O–H groups in total. The Bertz CT molecular complexity index is 768. The molecule has 1 amide bonds. The third kappa shape index (κ3) is 2.52. The largest absolute Gasteiger partial charge is 0.504 e. The number of ether oxygens (including phenoxy) is 1. The lowest BCUT2D eigenvalue weighted by Gasteiger charge is -2.04. The molecule has 0 bridgehead atoms. The van der Waals surface area contributed by atoms with Crippen LogP contribution in [0.25, 0.3) is 11.6 Å². The normalized spacial score (nSPS) is 15.0. The average molecular weight is 346 g/mol. The van der Waals surface area contributed by atoms with Gasteiger partial charge in [0.1, 0.15) is 0 Å². The van der Waals surface area contributed by atoms with Crippen molar-refractivity contribution in [1.29, 1.82) is 0 Å². The van der Waals surface area contributed by atoms with Crippen molar-refractivity contribution in [2.75, 3.05) is 12.4 Å². The number of carbonyl (C=O) groups excluding carboxylic acids is 1. The fourth-order valence-corrected chi connectivity index (χ4v) is 2.63. The highest BCUT2D eigenvalue weighted by molar-refractivity contribution is 9.10. The summed E-state index contributed by atoms with van der Waals surface area (Å²) in [5.74, 6) is 0.286. The van der Waals surface area contributed by atoms with Gasteiger partial charge < -0.3 is 15.2 Å². The third-order valence-corrected chi connectivity index (χ3v) is 3.77. The summed E-state index contributed by atoms with van der Waals surface area (Å²) in [6.45, 7) is 0. The third-order valence-electron chi connectivity index (χ3n) is 3.28. The van der Waals surface area contributed by atoms with Crippen LogP contribution in [0.3, 0.4) is 0 Å². The van der Waals surface area contributed by atoms with Crippen molar-refractivity contribution in [2.24, 2.45) is 0 Å². The lowest BCUT2D eigenvalue weighted by atomic mass is 10.0. The second kappa shape index (κ2) is 5.26. The maximum absolute atomic E-state index is 12.1. The zero-order valence-electron chi connectivity index (χ0n) is 11.2. The number of hydrogen-bond donors (Lipinski definition) is 2. The van der Waals surface area contributed by atoms with Gasteiger partial charge in [-0.3, -0.25) is 4.79 Å². The molecule has 0 atom stereocenters. The Labute approximate surface area is 130 Å². The minimum absolute atomic E-state index is 0.0414. The summed E-state index contributed by atoms with van der Waals surface area (Å²) in [4.78, 5) is 12.1. The molecule has 0 saturated carbocycles. The van der Waals surface area contributed by atoms with E-state index in [4.69, 9.17) is 4.74 Å². The molecule has 5 heteroatoms. The van der Waals surface area contributed by atoms with Crippen LogP contribution in [0.5, 0.6) is 11.5 Å². The Morgan fingerprint density at radius 2 is 2.05 bits per heavy atom. The van der Waals surface area contributed by atoms with Gasteiger partial charge >= 0.3 is 0 Å². The molecule has 2 aromatic carbocycles. The number of amides is 1. The molecule has 106 valence electrons. The number of fused-ring (bicyclic) bond motifs is 1. The number of rotatable bonds is 2. The fourth-order valence-electron chi connectivity index (χ4n) is 2.27. The minimum atomic E-state index is -0.154. The average Bonchev–Trinajstić information content (AvgIpc) is 2.75. The van der Waals surface area contributed by atoms with Gasteiger partial charge in [0.25, 0.3) is 5.91 Å². The van der Waals surface area contributed by atoms with E-state index in [9.17, 15) is 9.90 Å². The molecule has 0 saturated heterocycles. The molecule has 0 aliphatic carbocycles. The molecule has 4 nitrogen and oxygen atoms in total. The van der Waals surface area contributed by atoms with Crippen molar-refractivity contribution in [3.8, 4) is 11.5 Å². The number of nitrogens with one attached hydrogen (secondary N) is 1. The number of anilines is 1. The van der Waals surface area contributed by atoms with Crippen molar-refractivity contribution < 1.29 is 14.6 Å². The SMILES string of the molecule is COc1ccc(C=C2C(=O)Nc3ccc(Br)cc32)cc1O. The molecule has 0 fully saturated rings. The summed E-state index contributed by atoms with van der Waals surface area (Å²) in [6, 6.07) is 10.6. The van der Waals surface area contributed by atoms with E-state index in [0.29, 0.717) is 11.3 Å². The lowest BCUT2D eigenvalue weighted by molar-refractivity contribution is -0.110. The van der Waals surface area contributed by atoms with Crippen molar-refractivity contribution >= 4 is 39.2 Å². The van der Waals surface area contributed by atoms with Gasteiger partial charge in [-0.1, -0.05) is 22.0 Å². The van der Waals surface area contributed by atoms with E-state index in [1.165, 1.54) is 7.11 Å². The summed E-state index contributed by atoms with van der Waals surface area (Å²) in [5, 5.41) is 12.6. The number of phenols is 1. The molecule has 1 heterocycles. The van der Waals surface area contributed by atoms with Gasteiger partial charge in [0.2, 0.25) is 0 Å². The van der Waals surface area contributed by atoms with E-state index >= 15 is 0 Å². The maximum atomic E-state index is 12.1. The van der Waals surface area contributed by atoms with Gasteiger partial charge in [-0.2, -0.15) is 0 Å². The molecule has 2 aromatic rings. The fraction of sp³-hybridized carbons (Fsp3) is 0.0625. The monoisotopic (exact) mass is 345 g/mol. The van der Waals surface area contributed by atoms with Crippen LogP contribution in [-0.4, -0.2) is 18.1 Å². The summed E-state index contributed by atoms with van der Waals surface area (Å²) >= 11 is 3.41. The van der Waals surface area contributed by atoms with Crippen molar-refractivity contribution in [1.82, 2.24) is 0 Å². The first-order chi connectivity index (χ1) is 10.1. The number of phenolic OH excluding ortho intramolecular Hbond substituents is 1. The van der Waals surface area contributed by atoms with Crippen LogP contribution < -0.4 is 10.1 Å². The predicted octanol–water partition coefficient (Wildman–Crippen LogP) is 3.66. The zero-order chi connectivity index (χ0) is 15.0. The predicted molar refractivity (Wildman–Crippen MR) is 85.3 cm³/mol. The van der Waals surface area contributed by atoms with Gasteiger partial charge in [-0.25, -0.2) is 0 Å². The Morgan fingerprint density at radius 3 is 2.76 bits per heavy atom. The minimum Gasteiger partial charge on any atom is -0.504 e. The summed E-state index contributed by atoms with van der Waals surface area (Å²) in [7, 11) is 1.49. The molecular formula is C16H12BrNO3. The van der Waals surface area contributed by atoms with Gasteiger partial charge in [0, 0.05) is 21.3 Å². The summed E-state index contributed by atoms with van der Waals surface area (Å²) in [6.07, 6.45) is 1.74. The molecule has 1 aliphatic heterocycles. The van der Waals surface area contributed by atoms with E-state index in [1.807, 2.05) is 18.2 Å². The molecule has 21 heavy (non-hydrogen) atoms. The Hall–Kier alpha value is -2.27. The quantitative estimate of drug-likeness (QED) is 0.816. The first-order valence-corrected chi connectivity index (χ1v) is 7.08. The first kappa shape index (κ1) is 13.7. The zero-order valence-corrected chi connectivity index (χ0v) is 12.8. The van der Waals surface area contributed by atoms with Crippen LogP contribution in [0.4, 0.5) is 5.69 Å². The van der Waals surface area contributed by atoms with Gasteiger partial charge in [0.15, 0.2) is 11.5 Å². The Kier molecular flexibility index (Phi) is 3.43. The molecule has 0 radical (unpaired) electrons. The first-order valence-electron chi connectivity index (χ1n) is 6.28. The molecule has 1 aliphatic rings. The van der Waals surface area contributed by atoms with E-state index in [-0.39, 0.29) is 11.7 Å². The van der Waals surface area contributed by atoms with Crippen LogP contribution in [0.1, 0.15) is 11.1 Å². The van der Waals surface area contributed by atoms with Crippen molar-refractivity contribution in [3.05, 3.63) is 52.0 Å². The molecule has 3 rings (SSSR count). The van der Waals surface area contributed by atoms with Crippen LogP contribution in [0.15, 0.2) is 40.9 Å². The van der Waals surface area contributed by atoms with Crippen molar-refractivity contribution in [3.63, 3.8) is 0 Å².